The monoisotopic (exact) mass is 355 g/mol. The van der Waals surface area contributed by atoms with E-state index in [1.165, 1.54) is 6.07 Å². The van der Waals surface area contributed by atoms with Gasteiger partial charge >= 0.3 is 0 Å². The summed E-state index contributed by atoms with van der Waals surface area (Å²) in [6.45, 7) is 0.664. The summed E-state index contributed by atoms with van der Waals surface area (Å²) >= 11 is 3.14. The van der Waals surface area contributed by atoms with Crippen LogP contribution in [-0.4, -0.2) is 37.2 Å². The molecule has 1 saturated heterocycles. The van der Waals surface area contributed by atoms with Crippen LogP contribution in [-0.2, 0) is 14.3 Å². The molecule has 0 aromatic heterocycles. The number of hydrogen-bond acceptors (Lipinski definition) is 4. The van der Waals surface area contributed by atoms with Crippen LogP contribution < -0.4 is 4.90 Å². The molecule has 2 aliphatic rings. The van der Waals surface area contributed by atoms with Gasteiger partial charge in [0.2, 0.25) is 0 Å². The highest BCUT2D eigenvalue weighted by atomic mass is 79.9. The van der Waals surface area contributed by atoms with E-state index >= 15 is 0 Å². The maximum atomic E-state index is 13.4. The predicted molar refractivity (Wildman–Crippen MR) is 74.7 cm³/mol. The number of rotatable bonds is 3. The molecular formula is C14H11BrFNO4. The van der Waals surface area contributed by atoms with Crippen LogP contribution in [0.3, 0.4) is 0 Å². The lowest BCUT2D eigenvalue weighted by molar-refractivity contribution is -0.123. The summed E-state index contributed by atoms with van der Waals surface area (Å²) in [6, 6.07) is 2.18. The first-order valence-corrected chi connectivity index (χ1v) is 7.24. The first kappa shape index (κ1) is 14.3. The Balaban J connectivity index is 1.92. The van der Waals surface area contributed by atoms with E-state index in [1.807, 2.05) is 0 Å². The van der Waals surface area contributed by atoms with Gasteiger partial charge in [0.05, 0.1) is 24.4 Å². The molecular weight excluding hydrogens is 345 g/mol. The van der Waals surface area contributed by atoms with Crippen molar-refractivity contribution in [3.63, 3.8) is 0 Å². The molecule has 1 aromatic rings. The molecule has 2 heterocycles. The first-order valence-electron chi connectivity index (χ1n) is 6.44. The summed E-state index contributed by atoms with van der Waals surface area (Å²) < 4.78 is 18.8. The van der Waals surface area contributed by atoms with E-state index in [0.717, 1.165) is 11.0 Å². The van der Waals surface area contributed by atoms with Gasteiger partial charge in [0.1, 0.15) is 5.82 Å². The standard InChI is InChI=1S/C14H11BrFNO4/c15-10-4-8(16)3-9-12(10)17(14(20)13(9)19)5-11(18)7-1-2-21-6-7/h3-4,7H,1-2,5-6H2. The molecule has 21 heavy (non-hydrogen) atoms. The van der Waals surface area contributed by atoms with E-state index in [2.05, 4.69) is 15.9 Å². The third kappa shape index (κ3) is 2.40. The number of fused-ring (bicyclic) bond motifs is 1. The van der Waals surface area contributed by atoms with Gasteiger partial charge in [0.15, 0.2) is 5.78 Å². The number of hydrogen-bond donors (Lipinski definition) is 0. The highest BCUT2D eigenvalue weighted by Crippen LogP contribution is 2.37. The summed E-state index contributed by atoms with van der Waals surface area (Å²) in [7, 11) is 0. The summed E-state index contributed by atoms with van der Waals surface area (Å²) in [4.78, 5) is 37.2. The van der Waals surface area contributed by atoms with Crippen LogP contribution in [0.4, 0.5) is 10.1 Å². The fourth-order valence-electron chi connectivity index (χ4n) is 2.58. The number of ether oxygens (including phenoxy) is 1. The Labute approximate surface area is 128 Å². The van der Waals surface area contributed by atoms with Crippen LogP contribution in [0.2, 0.25) is 0 Å². The third-order valence-electron chi connectivity index (χ3n) is 3.68. The van der Waals surface area contributed by atoms with Gasteiger partial charge in [0.25, 0.3) is 11.7 Å². The second-order valence-corrected chi connectivity index (χ2v) is 5.89. The lowest BCUT2D eigenvalue weighted by Gasteiger charge is -2.18. The molecule has 1 aromatic carbocycles. The van der Waals surface area contributed by atoms with E-state index in [1.54, 1.807) is 0 Å². The average molecular weight is 356 g/mol. The molecule has 2 aliphatic heterocycles. The quantitative estimate of drug-likeness (QED) is 0.774. The Morgan fingerprint density at radius 1 is 1.43 bits per heavy atom. The largest absolute Gasteiger partial charge is 0.381 e. The molecule has 0 saturated carbocycles. The predicted octanol–water partition coefficient (Wildman–Crippen LogP) is 1.72. The maximum absolute atomic E-state index is 13.4. The zero-order chi connectivity index (χ0) is 15.1. The number of amides is 1. The van der Waals surface area contributed by atoms with Crippen LogP contribution in [0.25, 0.3) is 0 Å². The Kier molecular flexibility index (Phi) is 3.62. The van der Waals surface area contributed by atoms with Crippen molar-refractivity contribution in [1.29, 1.82) is 0 Å². The van der Waals surface area contributed by atoms with Crippen LogP contribution in [0, 0.1) is 11.7 Å². The van der Waals surface area contributed by atoms with Gasteiger partial charge in [-0.05, 0) is 34.5 Å². The van der Waals surface area contributed by atoms with E-state index in [4.69, 9.17) is 4.74 Å². The van der Waals surface area contributed by atoms with Gasteiger partial charge in [-0.3, -0.25) is 19.3 Å². The molecule has 1 amide bonds. The van der Waals surface area contributed by atoms with Gasteiger partial charge in [-0.15, -0.1) is 0 Å². The smallest absolute Gasteiger partial charge is 0.299 e. The van der Waals surface area contributed by atoms with Crippen molar-refractivity contribution < 1.29 is 23.5 Å². The maximum Gasteiger partial charge on any atom is 0.299 e. The number of anilines is 1. The van der Waals surface area contributed by atoms with Gasteiger partial charge < -0.3 is 4.74 Å². The minimum absolute atomic E-state index is 0.0117. The Bertz CT molecular complexity index is 655. The van der Waals surface area contributed by atoms with Crippen molar-refractivity contribution in [3.05, 3.63) is 28.0 Å². The number of ketones is 2. The Morgan fingerprint density at radius 3 is 2.86 bits per heavy atom. The molecule has 1 fully saturated rings. The molecule has 7 heteroatoms. The lowest BCUT2D eigenvalue weighted by Crippen LogP contribution is -2.37. The molecule has 0 N–H and O–H groups in total. The Morgan fingerprint density at radius 2 is 2.19 bits per heavy atom. The summed E-state index contributed by atoms with van der Waals surface area (Å²) in [5.74, 6) is -2.61. The van der Waals surface area contributed by atoms with Gasteiger partial charge in [0, 0.05) is 17.0 Å². The zero-order valence-corrected chi connectivity index (χ0v) is 12.5. The highest BCUT2D eigenvalue weighted by molar-refractivity contribution is 9.10. The van der Waals surface area contributed by atoms with Gasteiger partial charge in [-0.1, -0.05) is 0 Å². The SMILES string of the molecule is O=C1C(=O)N(CC(=O)C2CCOC2)c2c(Br)cc(F)cc21. The van der Waals surface area contributed by atoms with E-state index in [-0.39, 0.29) is 34.0 Å². The first-order chi connectivity index (χ1) is 9.99. The molecule has 1 unspecified atom stereocenters. The molecule has 0 aliphatic carbocycles. The second-order valence-electron chi connectivity index (χ2n) is 5.03. The van der Waals surface area contributed by atoms with Crippen molar-refractivity contribution in [2.24, 2.45) is 5.92 Å². The minimum Gasteiger partial charge on any atom is -0.381 e. The van der Waals surface area contributed by atoms with Crippen molar-refractivity contribution >= 4 is 39.1 Å². The van der Waals surface area contributed by atoms with Crippen LogP contribution in [0.15, 0.2) is 16.6 Å². The van der Waals surface area contributed by atoms with Crippen LogP contribution in [0.1, 0.15) is 16.8 Å². The molecule has 3 rings (SSSR count). The summed E-state index contributed by atoms with van der Waals surface area (Å²) in [6.07, 6.45) is 0.617. The van der Waals surface area contributed by atoms with Crippen molar-refractivity contribution in [2.75, 3.05) is 24.7 Å². The number of nitrogens with zero attached hydrogens (tertiary/aromatic N) is 1. The minimum atomic E-state index is -0.802. The van der Waals surface area contributed by atoms with Crippen molar-refractivity contribution in [1.82, 2.24) is 0 Å². The molecule has 1 atom stereocenters. The zero-order valence-electron chi connectivity index (χ0n) is 10.9. The fourth-order valence-corrected chi connectivity index (χ4v) is 3.22. The van der Waals surface area contributed by atoms with Crippen molar-refractivity contribution in [3.8, 4) is 0 Å². The van der Waals surface area contributed by atoms with Gasteiger partial charge in [-0.25, -0.2) is 4.39 Å². The van der Waals surface area contributed by atoms with Crippen molar-refractivity contribution in [2.45, 2.75) is 6.42 Å². The average Bonchev–Trinajstić information content (AvgIpc) is 3.03. The fraction of sp³-hybridized carbons (Fsp3) is 0.357. The number of halogens is 2. The van der Waals surface area contributed by atoms with Crippen LogP contribution in [0.5, 0.6) is 0 Å². The number of benzene rings is 1. The van der Waals surface area contributed by atoms with E-state index in [0.29, 0.717) is 19.6 Å². The Hall–Kier alpha value is -1.60. The summed E-state index contributed by atoms with van der Waals surface area (Å²) in [5.41, 5.74) is 0.251. The highest BCUT2D eigenvalue weighted by Gasteiger charge is 2.40. The molecule has 5 nitrogen and oxygen atoms in total. The lowest BCUT2D eigenvalue weighted by atomic mass is 10.0. The second kappa shape index (κ2) is 5.31. The number of Topliss-reactive ketones (excluding diaryl/α,β-unsaturated/α-hetero) is 2. The van der Waals surface area contributed by atoms with Crippen LogP contribution >= 0.6 is 15.9 Å². The normalized spacial score (nSPS) is 21.0. The molecule has 0 bridgehead atoms. The topological polar surface area (TPSA) is 63.7 Å². The molecule has 0 spiro atoms. The van der Waals surface area contributed by atoms with E-state index < -0.39 is 17.5 Å². The molecule has 0 radical (unpaired) electrons. The molecule has 110 valence electrons. The number of carbonyl (C=O) groups is 3. The van der Waals surface area contributed by atoms with Gasteiger partial charge in [-0.2, -0.15) is 0 Å². The number of carbonyl (C=O) groups excluding carboxylic acids is 3. The summed E-state index contributed by atoms with van der Waals surface area (Å²) in [5, 5.41) is 0. The third-order valence-corrected chi connectivity index (χ3v) is 4.29. The van der Waals surface area contributed by atoms with E-state index in [9.17, 15) is 18.8 Å².